The lowest BCUT2D eigenvalue weighted by Gasteiger charge is -2.35. The minimum absolute atomic E-state index is 0.0274. The Bertz CT molecular complexity index is 522. The highest BCUT2D eigenvalue weighted by molar-refractivity contribution is 7.89. The zero-order valence-corrected chi connectivity index (χ0v) is 11.0. The van der Waals surface area contributed by atoms with E-state index >= 15 is 0 Å². The Hall–Kier alpha value is -1.11. The van der Waals surface area contributed by atoms with Crippen LogP contribution in [0.2, 0.25) is 0 Å². The van der Waals surface area contributed by atoms with Gasteiger partial charge in [-0.05, 0) is 44.0 Å². The van der Waals surface area contributed by atoms with Crippen molar-refractivity contribution in [1.29, 1.82) is 0 Å². The molecule has 6 heteroatoms. The molecular formula is C12H17NO4S. The standard InChI is InChI=1S/C12H17NO4S/c1-12(15)7-2-8-13(9-12)18(16,17)11-5-3-10(14)4-6-11/h3-6,14-15H,2,7-9H2,1H3. The number of benzene rings is 1. The van der Waals surface area contributed by atoms with E-state index < -0.39 is 15.6 Å². The van der Waals surface area contributed by atoms with Gasteiger partial charge in [0.05, 0.1) is 10.5 Å². The third-order valence-electron chi connectivity index (χ3n) is 3.11. The number of nitrogens with zero attached hydrogens (tertiary/aromatic N) is 1. The Balaban J connectivity index is 2.28. The lowest BCUT2D eigenvalue weighted by molar-refractivity contribution is 0.00940. The molecule has 1 aromatic rings. The van der Waals surface area contributed by atoms with Crippen molar-refractivity contribution in [2.24, 2.45) is 0 Å². The monoisotopic (exact) mass is 271 g/mol. The summed E-state index contributed by atoms with van der Waals surface area (Å²) in [4.78, 5) is 0.137. The van der Waals surface area contributed by atoms with E-state index in [1.807, 2.05) is 0 Å². The molecule has 1 atom stereocenters. The van der Waals surface area contributed by atoms with Gasteiger partial charge in [0.2, 0.25) is 10.0 Å². The van der Waals surface area contributed by atoms with Gasteiger partial charge in [0, 0.05) is 13.1 Å². The van der Waals surface area contributed by atoms with E-state index in [9.17, 15) is 13.5 Å². The molecule has 0 radical (unpaired) electrons. The van der Waals surface area contributed by atoms with Crippen molar-refractivity contribution >= 4 is 10.0 Å². The van der Waals surface area contributed by atoms with Gasteiger partial charge in [-0.2, -0.15) is 4.31 Å². The number of piperidine rings is 1. The number of hydrogen-bond acceptors (Lipinski definition) is 4. The second kappa shape index (κ2) is 4.53. The smallest absolute Gasteiger partial charge is 0.243 e. The summed E-state index contributed by atoms with van der Waals surface area (Å²) in [6, 6.07) is 5.42. The summed E-state index contributed by atoms with van der Waals surface area (Å²) >= 11 is 0. The number of β-amino-alcohol motifs (C(OH)–C–C–N with tert-alkyl or cyclic N) is 1. The maximum Gasteiger partial charge on any atom is 0.243 e. The van der Waals surface area contributed by atoms with Gasteiger partial charge in [0.15, 0.2) is 0 Å². The molecule has 0 aromatic heterocycles. The van der Waals surface area contributed by atoms with Gasteiger partial charge in [-0.1, -0.05) is 0 Å². The summed E-state index contributed by atoms with van der Waals surface area (Å²) in [5.41, 5.74) is -0.970. The minimum atomic E-state index is -3.59. The molecule has 1 aliphatic heterocycles. The number of hydrogen-bond donors (Lipinski definition) is 2. The normalized spacial score (nSPS) is 26.1. The van der Waals surface area contributed by atoms with Crippen LogP contribution >= 0.6 is 0 Å². The topological polar surface area (TPSA) is 77.8 Å². The van der Waals surface area contributed by atoms with Gasteiger partial charge in [0.1, 0.15) is 5.75 Å². The molecule has 1 unspecified atom stereocenters. The molecule has 1 fully saturated rings. The third kappa shape index (κ3) is 2.66. The van der Waals surface area contributed by atoms with Crippen LogP contribution in [0.1, 0.15) is 19.8 Å². The highest BCUT2D eigenvalue weighted by Crippen LogP contribution is 2.26. The van der Waals surface area contributed by atoms with Crippen molar-refractivity contribution in [2.75, 3.05) is 13.1 Å². The zero-order valence-electron chi connectivity index (χ0n) is 10.2. The molecule has 0 aliphatic carbocycles. The Morgan fingerprint density at radius 1 is 1.28 bits per heavy atom. The fourth-order valence-electron chi connectivity index (χ4n) is 2.15. The first-order valence-electron chi connectivity index (χ1n) is 5.83. The molecule has 0 amide bonds. The molecule has 0 spiro atoms. The predicted octanol–water partition coefficient (Wildman–Crippen LogP) is 0.928. The van der Waals surface area contributed by atoms with Gasteiger partial charge in [-0.15, -0.1) is 0 Å². The van der Waals surface area contributed by atoms with Crippen molar-refractivity contribution in [1.82, 2.24) is 4.31 Å². The van der Waals surface area contributed by atoms with Crippen LogP contribution in [0, 0.1) is 0 Å². The van der Waals surface area contributed by atoms with E-state index in [2.05, 4.69) is 0 Å². The minimum Gasteiger partial charge on any atom is -0.508 e. The summed E-state index contributed by atoms with van der Waals surface area (Å²) in [6.45, 7) is 2.17. The molecule has 1 aromatic carbocycles. The van der Waals surface area contributed by atoms with Crippen LogP contribution in [-0.2, 0) is 10.0 Å². The molecule has 1 heterocycles. The molecule has 100 valence electrons. The van der Waals surface area contributed by atoms with E-state index in [0.29, 0.717) is 19.4 Å². The van der Waals surface area contributed by atoms with Crippen molar-refractivity contribution < 1.29 is 18.6 Å². The van der Waals surface area contributed by atoms with Crippen LogP contribution in [0.25, 0.3) is 0 Å². The lowest BCUT2D eigenvalue weighted by atomic mass is 9.97. The summed E-state index contributed by atoms with van der Waals surface area (Å²) < 4.78 is 25.9. The zero-order chi connectivity index (χ0) is 13.4. The largest absolute Gasteiger partial charge is 0.508 e. The molecular weight excluding hydrogens is 254 g/mol. The van der Waals surface area contributed by atoms with E-state index in [-0.39, 0.29) is 17.2 Å². The fraction of sp³-hybridized carbons (Fsp3) is 0.500. The van der Waals surface area contributed by atoms with Crippen molar-refractivity contribution in [3.63, 3.8) is 0 Å². The Morgan fingerprint density at radius 3 is 2.44 bits per heavy atom. The van der Waals surface area contributed by atoms with Gasteiger partial charge in [-0.25, -0.2) is 8.42 Å². The molecule has 2 rings (SSSR count). The van der Waals surface area contributed by atoms with E-state index in [4.69, 9.17) is 5.11 Å². The molecule has 0 bridgehead atoms. The molecule has 1 aliphatic rings. The average molecular weight is 271 g/mol. The van der Waals surface area contributed by atoms with Crippen molar-refractivity contribution in [3.8, 4) is 5.75 Å². The Morgan fingerprint density at radius 2 is 1.89 bits per heavy atom. The summed E-state index contributed by atoms with van der Waals surface area (Å²) in [7, 11) is -3.59. The summed E-state index contributed by atoms with van der Waals surface area (Å²) in [5.74, 6) is 0.0274. The molecule has 0 saturated carbocycles. The quantitative estimate of drug-likeness (QED) is 0.838. The van der Waals surface area contributed by atoms with Crippen LogP contribution in [0.5, 0.6) is 5.75 Å². The number of phenols is 1. The van der Waals surface area contributed by atoms with Gasteiger partial charge in [-0.3, -0.25) is 0 Å². The maximum absolute atomic E-state index is 12.3. The highest BCUT2D eigenvalue weighted by Gasteiger charge is 2.35. The number of aliphatic hydroxyl groups is 1. The van der Waals surface area contributed by atoms with Gasteiger partial charge in [0.25, 0.3) is 0 Å². The van der Waals surface area contributed by atoms with E-state index in [0.717, 1.165) is 0 Å². The average Bonchev–Trinajstić information content (AvgIpc) is 2.28. The van der Waals surface area contributed by atoms with Crippen LogP contribution in [0.3, 0.4) is 0 Å². The fourth-order valence-corrected chi connectivity index (χ4v) is 3.74. The van der Waals surface area contributed by atoms with Crippen LogP contribution < -0.4 is 0 Å². The van der Waals surface area contributed by atoms with Gasteiger partial charge >= 0.3 is 0 Å². The predicted molar refractivity (Wildman–Crippen MR) is 66.7 cm³/mol. The number of sulfonamides is 1. The maximum atomic E-state index is 12.3. The Labute approximate surface area is 107 Å². The molecule has 2 N–H and O–H groups in total. The second-order valence-electron chi connectivity index (χ2n) is 4.93. The SMILES string of the molecule is CC1(O)CCCN(S(=O)(=O)c2ccc(O)cc2)C1. The second-order valence-corrected chi connectivity index (χ2v) is 6.87. The highest BCUT2D eigenvalue weighted by atomic mass is 32.2. The first-order chi connectivity index (χ1) is 8.31. The van der Waals surface area contributed by atoms with Crippen LogP contribution in [0.15, 0.2) is 29.2 Å². The molecule has 1 saturated heterocycles. The first kappa shape index (κ1) is 13.3. The first-order valence-corrected chi connectivity index (χ1v) is 7.27. The van der Waals surface area contributed by atoms with Crippen molar-refractivity contribution in [2.45, 2.75) is 30.3 Å². The van der Waals surface area contributed by atoms with Crippen LogP contribution in [-0.4, -0.2) is 41.6 Å². The molecule has 18 heavy (non-hydrogen) atoms. The number of rotatable bonds is 2. The van der Waals surface area contributed by atoms with E-state index in [1.165, 1.54) is 28.6 Å². The molecule has 5 nitrogen and oxygen atoms in total. The van der Waals surface area contributed by atoms with Gasteiger partial charge < -0.3 is 10.2 Å². The summed E-state index contributed by atoms with van der Waals surface area (Å²) in [5, 5.41) is 19.1. The summed E-state index contributed by atoms with van der Waals surface area (Å²) in [6.07, 6.45) is 1.25. The lowest BCUT2D eigenvalue weighted by Crippen LogP contribution is -2.48. The van der Waals surface area contributed by atoms with E-state index in [1.54, 1.807) is 6.92 Å². The van der Waals surface area contributed by atoms with Crippen molar-refractivity contribution in [3.05, 3.63) is 24.3 Å². The third-order valence-corrected chi connectivity index (χ3v) is 4.97. The Kier molecular flexibility index (Phi) is 3.35. The number of aromatic hydroxyl groups is 1. The van der Waals surface area contributed by atoms with Crippen LogP contribution in [0.4, 0.5) is 0 Å². The number of phenolic OH excluding ortho intramolecular Hbond substituents is 1.